The average Bonchev–Trinajstić information content (AvgIpc) is 2.75. The van der Waals surface area contributed by atoms with Gasteiger partial charge in [-0.25, -0.2) is 9.78 Å². The molecule has 0 amide bonds. The van der Waals surface area contributed by atoms with E-state index < -0.39 is 11.9 Å². The minimum atomic E-state index is -0.860. The molecule has 0 atom stereocenters. The summed E-state index contributed by atoms with van der Waals surface area (Å²) in [5.41, 5.74) is 1.77. The van der Waals surface area contributed by atoms with Crippen LogP contribution in [0.25, 0.3) is 5.69 Å². The molecule has 0 bridgehead atoms. The van der Waals surface area contributed by atoms with Crippen LogP contribution in [-0.4, -0.2) is 33.7 Å². The number of aromatic nitrogens is 2. The molecule has 0 aliphatic rings. The second kappa shape index (κ2) is 11.5. The van der Waals surface area contributed by atoms with E-state index >= 15 is 0 Å². The summed E-state index contributed by atoms with van der Waals surface area (Å²) in [7, 11) is 1.28. The predicted molar refractivity (Wildman–Crippen MR) is 113 cm³/mol. The van der Waals surface area contributed by atoms with Crippen molar-refractivity contribution in [3.8, 4) is 5.69 Å². The fourth-order valence-corrected chi connectivity index (χ4v) is 2.90. The Morgan fingerprint density at radius 2 is 1.80 bits per heavy atom. The molecule has 30 heavy (non-hydrogen) atoms. The van der Waals surface area contributed by atoms with E-state index in [2.05, 4.69) is 11.9 Å². The quantitative estimate of drug-likeness (QED) is 0.528. The molecule has 158 valence electrons. The number of carbonyl (C=O) groups is 2. The Hall–Kier alpha value is -3.48. The monoisotopic (exact) mass is 410 g/mol. The van der Waals surface area contributed by atoms with Crippen LogP contribution in [0.4, 0.5) is 0 Å². The maximum Gasteiger partial charge on any atom is 0.337 e. The zero-order valence-electron chi connectivity index (χ0n) is 17.2. The molecule has 0 saturated carbocycles. The van der Waals surface area contributed by atoms with Gasteiger partial charge in [0.05, 0.1) is 18.4 Å². The number of methoxy groups -OCH3 is 1. The van der Waals surface area contributed by atoms with Gasteiger partial charge in [0.25, 0.3) is 5.56 Å². The molecule has 0 spiro atoms. The summed E-state index contributed by atoms with van der Waals surface area (Å²) in [5.74, 6) is -0.919. The summed E-state index contributed by atoms with van der Waals surface area (Å²) in [6, 6.07) is 13.5. The summed E-state index contributed by atoms with van der Waals surface area (Å²) in [6.07, 6.45) is 3.82. The number of hydrogen-bond donors (Lipinski definition) is 1. The van der Waals surface area contributed by atoms with Gasteiger partial charge in [-0.05, 0) is 49.1 Å². The third-order valence-corrected chi connectivity index (χ3v) is 4.54. The van der Waals surface area contributed by atoms with Crippen LogP contribution in [0, 0.1) is 0 Å². The lowest BCUT2D eigenvalue weighted by atomic mass is 10.1. The van der Waals surface area contributed by atoms with Crippen LogP contribution in [-0.2, 0) is 22.4 Å². The van der Waals surface area contributed by atoms with Crippen molar-refractivity contribution in [2.45, 2.75) is 39.0 Å². The molecule has 1 aromatic carbocycles. The number of aliphatic carboxylic acids is 1. The molecule has 0 fully saturated rings. The van der Waals surface area contributed by atoms with Crippen LogP contribution in [0.3, 0.4) is 0 Å². The normalized spacial score (nSPS) is 10.2. The SMILES string of the molecule is CCc1ccc(-n2c(CCCCC(=O)O)nccc(C(=O)OC)cccc2=O)cc1. The molecule has 2 aromatic rings. The third kappa shape index (κ3) is 6.55. The third-order valence-electron chi connectivity index (χ3n) is 4.54. The van der Waals surface area contributed by atoms with Crippen LogP contribution >= 0.6 is 0 Å². The molecule has 2 rings (SSSR count). The van der Waals surface area contributed by atoms with E-state index in [9.17, 15) is 14.4 Å². The molecule has 7 heteroatoms. The Kier molecular flexibility index (Phi) is 8.75. The minimum absolute atomic E-state index is 0.0530. The molecule has 0 radical (unpaired) electrons. The molecule has 0 aliphatic carbocycles. The first-order valence-corrected chi connectivity index (χ1v) is 9.81. The predicted octanol–water partition coefficient (Wildman–Crippen LogP) is 3.50. The van der Waals surface area contributed by atoms with E-state index in [4.69, 9.17) is 9.84 Å². The van der Waals surface area contributed by atoms with E-state index in [0.29, 0.717) is 30.8 Å². The number of hydrogen-bond acceptors (Lipinski definition) is 5. The van der Waals surface area contributed by atoms with Crippen LogP contribution in [0.1, 0.15) is 47.9 Å². The topological polar surface area (TPSA) is 98.5 Å². The number of esters is 1. The molecule has 0 saturated heterocycles. The molecule has 0 aliphatic heterocycles. The van der Waals surface area contributed by atoms with Crippen molar-refractivity contribution in [2.75, 3.05) is 7.11 Å². The van der Waals surface area contributed by atoms with Crippen molar-refractivity contribution in [2.24, 2.45) is 0 Å². The number of unbranched alkanes of at least 4 members (excludes halogenated alkanes) is 1. The van der Waals surface area contributed by atoms with Gasteiger partial charge in [0.2, 0.25) is 0 Å². The molecule has 1 N–H and O–H groups in total. The molecule has 7 nitrogen and oxygen atoms in total. The van der Waals surface area contributed by atoms with Crippen LogP contribution in [0.5, 0.6) is 0 Å². The zero-order valence-corrected chi connectivity index (χ0v) is 17.2. The first kappa shape index (κ1) is 22.8. The zero-order chi connectivity index (χ0) is 21.9. The van der Waals surface area contributed by atoms with Gasteiger partial charge in [0, 0.05) is 25.1 Å². The van der Waals surface area contributed by atoms with E-state index in [1.54, 1.807) is 0 Å². The average molecular weight is 410 g/mol. The number of nitrogens with zero attached hydrogens (tertiary/aromatic N) is 2. The lowest BCUT2D eigenvalue weighted by Gasteiger charge is -2.11. The van der Waals surface area contributed by atoms with Gasteiger partial charge in [-0.1, -0.05) is 25.1 Å². The Morgan fingerprint density at radius 1 is 1.07 bits per heavy atom. The lowest BCUT2D eigenvalue weighted by Crippen LogP contribution is -2.20. The fourth-order valence-electron chi connectivity index (χ4n) is 2.90. The maximum atomic E-state index is 13.0. The van der Waals surface area contributed by atoms with Crippen LogP contribution < -0.4 is 5.56 Å². The van der Waals surface area contributed by atoms with Gasteiger partial charge < -0.3 is 9.84 Å². The molecule has 1 aromatic heterocycles. The number of carboxylic acid groups (broad SMARTS) is 1. The first-order valence-electron chi connectivity index (χ1n) is 9.81. The Morgan fingerprint density at radius 3 is 2.43 bits per heavy atom. The largest absolute Gasteiger partial charge is 0.481 e. The van der Waals surface area contributed by atoms with E-state index in [1.165, 1.54) is 42.1 Å². The van der Waals surface area contributed by atoms with Crippen LogP contribution in [0.2, 0.25) is 0 Å². The summed E-state index contributed by atoms with van der Waals surface area (Å²) in [5, 5.41) is 8.86. The number of aryl methyl sites for hydroxylation is 2. The van der Waals surface area contributed by atoms with Crippen molar-refractivity contribution in [1.82, 2.24) is 9.55 Å². The Bertz CT molecular complexity index is 995. The van der Waals surface area contributed by atoms with E-state index in [1.807, 2.05) is 24.3 Å². The van der Waals surface area contributed by atoms with E-state index in [0.717, 1.165) is 12.0 Å². The summed E-state index contributed by atoms with van der Waals surface area (Å²) >= 11 is 0. The Balaban J connectivity index is 2.59. The standard InChI is InChI=1S/C23H26N2O5/c1-3-17-11-13-19(14-12-17)25-20(8-4-5-10-22(27)28)24-16-15-18(23(29)30-2)7-6-9-21(25)26/h6-7,9,11-16H,3-5,8,10H2,1-2H3,(H,27,28). The van der Waals surface area contributed by atoms with Crippen LogP contribution in [0.15, 0.2) is 59.5 Å². The number of carbonyl (C=O) groups excluding carboxylic acids is 1. The summed E-state index contributed by atoms with van der Waals surface area (Å²) in [4.78, 5) is 40.0. The minimum Gasteiger partial charge on any atom is -0.481 e. The number of ether oxygens (including phenoxy) is 1. The van der Waals surface area contributed by atoms with Crippen molar-refractivity contribution >= 4 is 11.9 Å². The summed E-state index contributed by atoms with van der Waals surface area (Å²) in [6.45, 7) is 2.05. The smallest absolute Gasteiger partial charge is 0.337 e. The second-order valence-corrected chi connectivity index (χ2v) is 6.63. The molecule has 1 heterocycles. The Labute approximate surface area is 175 Å². The number of rotatable bonds is 8. The van der Waals surface area contributed by atoms with Gasteiger partial charge in [0.15, 0.2) is 0 Å². The summed E-state index contributed by atoms with van der Waals surface area (Å²) < 4.78 is 6.25. The highest BCUT2D eigenvalue weighted by atomic mass is 16.5. The number of carboxylic acids is 1. The highest BCUT2D eigenvalue weighted by Gasteiger charge is 2.08. The number of benzene rings is 1. The maximum absolute atomic E-state index is 13.0. The van der Waals surface area contributed by atoms with Crippen molar-refractivity contribution in [3.63, 3.8) is 0 Å². The lowest BCUT2D eigenvalue weighted by molar-refractivity contribution is -0.137. The molecule has 0 unspecified atom stereocenters. The van der Waals surface area contributed by atoms with Gasteiger partial charge in [-0.15, -0.1) is 0 Å². The van der Waals surface area contributed by atoms with Gasteiger partial charge in [-0.2, -0.15) is 0 Å². The highest BCUT2D eigenvalue weighted by Crippen LogP contribution is 2.12. The van der Waals surface area contributed by atoms with Gasteiger partial charge in [-0.3, -0.25) is 14.2 Å². The fraction of sp³-hybridized carbons (Fsp3) is 0.304. The van der Waals surface area contributed by atoms with Crippen molar-refractivity contribution < 1.29 is 19.4 Å². The van der Waals surface area contributed by atoms with Gasteiger partial charge in [0.1, 0.15) is 5.82 Å². The highest BCUT2D eigenvalue weighted by molar-refractivity contribution is 5.88. The van der Waals surface area contributed by atoms with Crippen molar-refractivity contribution in [3.05, 3.63) is 82.0 Å². The molecular formula is C23H26N2O5. The van der Waals surface area contributed by atoms with E-state index in [-0.39, 0.29) is 17.5 Å². The van der Waals surface area contributed by atoms with Crippen molar-refractivity contribution in [1.29, 1.82) is 0 Å². The first-order chi connectivity index (χ1) is 14.5. The van der Waals surface area contributed by atoms with Gasteiger partial charge >= 0.3 is 11.9 Å². The molecular weight excluding hydrogens is 384 g/mol. The second-order valence-electron chi connectivity index (χ2n) is 6.63.